The number of ether oxygens (including phenoxy) is 1. The molecule has 5 nitrogen and oxygen atoms in total. The number of nitrogens with one attached hydrogen (secondary N) is 1. The Bertz CT molecular complexity index is 557. The quantitative estimate of drug-likeness (QED) is 0.840. The van der Waals surface area contributed by atoms with E-state index < -0.39 is 0 Å². The predicted molar refractivity (Wildman–Crippen MR) is 70.6 cm³/mol. The van der Waals surface area contributed by atoms with Crippen LogP contribution < -0.4 is 5.43 Å². The molecule has 1 aromatic carbocycles. The molecule has 1 N–H and O–H groups in total. The van der Waals surface area contributed by atoms with Crippen molar-refractivity contribution in [3.8, 4) is 0 Å². The van der Waals surface area contributed by atoms with Gasteiger partial charge in [-0.1, -0.05) is 12.1 Å². The van der Waals surface area contributed by atoms with Crippen molar-refractivity contribution in [2.24, 2.45) is 0 Å². The van der Waals surface area contributed by atoms with Gasteiger partial charge in [0.25, 0.3) is 0 Å². The number of benzene rings is 1. The van der Waals surface area contributed by atoms with Crippen LogP contribution >= 0.6 is 11.6 Å². The summed E-state index contributed by atoms with van der Waals surface area (Å²) in [6.07, 6.45) is 0. The van der Waals surface area contributed by atoms with Gasteiger partial charge in [-0.2, -0.15) is 4.98 Å². The highest BCUT2D eigenvalue weighted by molar-refractivity contribution is 6.28. The molecule has 2 heterocycles. The zero-order valence-electron chi connectivity index (χ0n) is 9.77. The Labute approximate surface area is 110 Å². The fourth-order valence-corrected chi connectivity index (χ4v) is 2.13. The van der Waals surface area contributed by atoms with Gasteiger partial charge in [0, 0.05) is 18.5 Å². The number of hydrogen-bond acceptors (Lipinski definition) is 5. The molecule has 18 heavy (non-hydrogen) atoms. The predicted octanol–water partition coefficient (Wildman–Crippen LogP) is 1.94. The van der Waals surface area contributed by atoms with E-state index in [0.29, 0.717) is 0 Å². The van der Waals surface area contributed by atoms with Crippen LogP contribution in [0.5, 0.6) is 0 Å². The van der Waals surface area contributed by atoms with E-state index in [9.17, 15) is 0 Å². The van der Waals surface area contributed by atoms with E-state index in [0.717, 1.165) is 43.0 Å². The van der Waals surface area contributed by atoms with Crippen LogP contribution in [0.15, 0.2) is 24.3 Å². The van der Waals surface area contributed by atoms with Gasteiger partial charge in [0.05, 0.1) is 18.7 Å². The highest BCUT2D eigenvalue weighted by atomic mass is 35.5. The number of fused-ring (bicyclic) bond motifs is 1. The molecule has 0 aliphatic carbocycles. The summed E-state index contributed by atoms with van der Waals surface area (Å²) in [6, 6.07) is 7.80. The third-order valence-corrected chi connectivity index (χ3v) is 3.02. The molecular weight excluding hydrogens is 252 g/mol. The first-order chi connectivity index (χ1) is 8.83. The largest absolute Gasteiger partial charge is 0.379 e. The maximum Gasteiger partial charge on any atom is 0.224 e. The van der Waals surface area contributed by atoms with Crippen molar-refractivity contribution in [1.29, 1.82) is 0 Å². The minimum absolute atomic E-state index is 0.254. The third kappa shape index (κ3) is 2.38. The van der Waals surface area contributed by atoms with Crippen LogP contribution in [-0.2, 0) is 4.74 Å². The maximum absolute atomic E-state index is 5.94. The zero-order valence-corrected chi connectivity index (χ0v) is 10.5. The molecule has 0 radical (unpaired) electrons. The Kier molecular flexibility index (Phi) is 3.27. The van der Waals surface area contributed by atoms with Crippen molar-refractivity contribution in [1.82, 2.24) is 15.0 Å². The van der Waals surface area contributed by atoms with Gasteiger partial charge in [-0.3, -0.25) is 0 Å². The normalized spacial score (nSPS) is 16.9. The number of para-hydroxylation sites is 1. The second kappa shape index (κ2) is 5.06. The number of morpholine rings is 1. The fourth-order valence-electron chi connectivity index (χ4n) is 1.96. The lowest BCUT2D eigenvalue weighted by Gasteiger charge is -2.27. The molecule has 1 fully saturated rings. The van der Waals surface area contributed by atoms with Crippen LogP contribution in [0.2, 0.25) is 5.28 Å². The number of anilines is 1. The molecule has 0 spiro atoms. The van der Waals surface area contributed by atoms with Gasteiger partial charge in [-0.25, -0.2) is 9.99 Å². The summed E-state index contributed by atoms with van der Waals surface area (Å²) in [6.45, 7) is 3.11. The monoisotopic (exact) mass is 264 g/mol. The van der Waals surface area contributed by atoms with Crippen molar-refractivity contribution in [3.05, 3.63) is 29.5 Å². The lowest BCUT2D eigenvalue weighted by atomic mass is 10.2. The van der Waals surface area contributed by atoms with Gasteiger partial charge >= 0.3 is 0 Å². The van der Waals surface area contributed by atoms with E-state index in [1.807, 2.05) is 24.3 Å². The topological polar surface area (TPSA) is 50.3 Å². The lowest BCUT2D eigenvalue weighted by Crippen LogP contribution is -2.40. The highest BCUT2D eigenvalue weighted by Gasteiger charge is 2.13. The molecule has 1 aromatic heterocycles. The second-order valence-corrected chi connectivity index (χ2v) is 4.41. The molecule has 3 rings (SSSR count). The number of hydrogen-bond donors (Lipinski definition) is 1. The summed E-state index contributed by atoms with van der Waals surface area (Å²) >= 11 is 5.94. The minimum atomic E-state index is 0.254. The van der Waals surface area contributed by atoms with Crippen LogP contribution in [0.1, 0.15) is 0 Å². The number of rotatable bonds is 2. The van der Waals surface area contributed by atoms with Crippen molar-refractivity contribution >= 4 is 28.3 Å². The molecule has 0 bridgehead atoms. The van der Waals surface area contributed by atoms with Crippen LogP contribution in [0.3, 0.4) is 0 Å². The summed E-state index contributed by atoms with van der Waals surface area (Å²) < 4.78 is 5.31. The fraction of sp³-hybridized carbons (Fsp3) is 0.333. The summed E-state index contributed by atoms with van der Waals surface area (Å²) in [5.41, 5.74) is 4.12. The van der Waals surface area contributed by atoms with Crippen LogP contribution in [0.25, 0.3) is 10.9 Å². The Morgan fingerprint density at radius 2 is 1.94 bits per heavy atom. The number of nitrogens with zero attached hydrogens (tertiary/aromatic N) is 3. The van der Waals surface area contributed by atoms with Gasteiger partial charge < -0.3 is 10.2 Å². The summed E-state index contributed by atoms with van der Waals surface area (Å²) in [7, 11) is 0. The second-order valence-electron chi connectivity index (χ2n) is 4.07. The molecule has 1 saturated heterocycles. The first kappa shape index (κ1) is 11.6. The Hall–Kier alpha value is -1.43. The Morgan fingerprint density at radius 3 is 2.78 bits per heavy atom. The zero-order chi connectivity index (χ0) is 12.4. The first-order valence-corrected chi connectivity index (χ1v) is 6.22. The minimum Gasteiger partial charge on any atom is -0.379 e. The van der Waals surface area contributed by atoms with Gasteiger partial charge in [-0.15, -0.1) is 0 Å². The molecule has 0 amide bonds. The van der Waals surface area contributed by atoms with E-state index >= 15 is 0 Å². The van der Waals surface area contributed by atoms with Crippen molar-refractivity contribution in [3.63, 3.8) is 0 Å². The molecule has 2 aromatic rings. The highest BCUT2D eigenvalue weighted by Crippen LogP contribution is 2.22. The van der Waals surface area contributed by atoms with Crippen molar-refractivity contribution < 1.29 is 4.74 Å². The molecule has 1 aliphatic rings. The molecule has 6 heteroatoms. The van der Waals surface area contributed by atoms with E-state index in [1.165, 1.54) is 0 Å². The Balaban J connectivity index is 1.94. The number of aromatic nitrogens is 2. The smallest absolute Gasteiger partial charge is 0.224 e. The van der Waals surface area contributed by atoms with E-state index in [4.69, 9.17) is 16.3 Å². The summed E-state index contributed by atoms with van der Waals surface area (Å²) in [4.78, 5) is 8.46. The molecule has 94 valence electrons. The van der Waals surface area contributed by atoms with Crippen LogP contribution in [-0.4, -0.2) is 41.3 Å². The molecular formula is C12H13ClN4O. The van der Waals surface area contributed by atoms with Gasteiger partial charge in [-0.05, 0) is 23.7 Å². The summed E-state index contributed by atoms with van der Waals surface area (Å²) in [5.74, 6) is 0.743. The molecule has 0 unspecified atom stereocenters. The lowest BCUT2D eigenvalue weighted by molar-refractivity contribution is 0.0495. The SMILES string of the molecule is Clc1nc(NN2CCOCC2)c2ccccc2n1. The average Bonchev–Trinajstić information content (AvgIpc) is 2.40. The van der Waals surface area contributed by atoms with Crippen molar-refractivity contribution in [2.45, 2.75) is 0 Å². The van der Waals surface area contributed by atoms with E-state index in [1.54, 1.807) is 0 Å². The molecule has 1 aliphatic heterocycles. The number of halogens is 1. The van der Waals surface area contributed by atoms with Gasteiger partial charge in [0.15, 0.2) is 5.82 Å². The number of hydrazine groups is 1. The first-order valence-electron chi connectivity index (χ1n) is 5.84. The maximum atomic E-state index is 5.94. The van der Waals surface area contributed by atoms with Crippen LogP contribution in [0.4, 0.5) is 5.82 Å². The van der Waals surface area contributed by atoms with Gasteiger partial charge in [0.2, 0.25) is 5.28 Å². The van der Waals surface area contributed by atoms with Gasteiger partial charge in [0.1, 0.15) is 0 Å². The van der Waals surface area contributed by atoms with E-state index in [2.05, 4.69) is 20.4 Å². The third-order valence-electron chi connectivity index (χ3n) is 2.85. The Morgan fingerprint density at radius 1 is 1.17 bits per heavy atom. The molecule has 0 saturated carbocycles. The van der Waals surface area contributed by atoms with E-state index in [-0.39, 0.29) is 5.28 Å². The summed E-state index contributed by atoms with van der Waals surface area (Å²) in [5, 5.41) is 3.30. The standard InChI is InChI=1S/C12H13ClN4O/c13-12-14-10-4-2-1-3-9(10)11(15-12)16-17-5-7-18-8-6-17/h1-4H,5-8H2,(H,14,15,16). The average molecular weight is 265 g/mol. The van der Waals surface area contributed by atoms with Crippen molar-refractivity contribution in [2.75, 3.05) is 31.7 Å². The van der Waals surface area contributed by atoms with Crippen LogP contribution in [0, 0.1) is 0 Å². The molecule has 0 atom stereocenters.